The average molecular weight is 985 g/mol. The van der Waals surface area contributed by atoms with Crippen molar-refractivity contribution in [1.82, 2.24) is 5.32 Å². The molecule has 0 aliphatic rings. The number of aliphatic hydroxyl groups excluding tert-OH is 2. The van der Waals surface area contributed by atoms with Crippen LogP contribution < -0.4 is 5.32 Å². The molecule has 0 bridgehead atoms. The first-order valence-corrected chi connectivity index (χ1v) is 32.6. The number of rotatable bonds is 61. The third-order valence-electron chi connectivity index (χ3n) is 15.4. The first kappa shape index (κ1) is 68.9. The van der Waals surface area contributed by atoms with Crippen LogP contribution in [0.5, 0.6) is 0 Å². The molecule has 0 saturated heterocycles. The maximum Gasteiger partial charge on any atom is 0.220 e. The van der Waals surface area contributed by atoms with Crippen LogP contribution in [-0.2, 0) is 4.79 Å². The minimum Gasteiger partial charge on any atom is -0.394 e. The predicted molar refractivity (Wildman–Crippen MR) is 313 cm³/mol. The van der Waals surface area contributed by atoms with Crippen LogP contribution in [0.25, 0.3) is 0 Å². The van der Waals surface area contributed by atoms with Gasteiger partial charge in [-0.3, -0.25) is 4.79 Å². The molecule has 0 aromatic heterocycles. The lowest BCUT2D eigenvalue weighted by atomic mass is 10.0. The van der Waals surface area contributed by atoms with Crippen LogP contribution >= 0.6 is 0 Å². The first-order chi connectivity index (χ1) is 34.7. The smallest absolute Gasteiger partial charge is 0.220 e. The molecule has 70 heavy (non-hydrogen) atoms. The Morgan fingerprint density at radius 2 is 0.557 bits per heavy atom. The highest BCUT2D eigenvalue weighted by Gasteiger charge is 2.18. The largest absolute Gasteiger partial charge is 0.394 e. The number of amides is 1. The molecule has 0 aromatic carbocycles. The Labute approximate surface area is 440 Å². The Bertz CT molecular complexity index is 1020. The minimum atomic E-state index is -0.861. The third kappa shape index (κ3) is 57.8. The number of allylic oxidation sites excluding steroid dienone is 3. The van der Waals surface area contributed by atoms with Gasteiger partial charge in [0.1, 0.15) is 0 Å². The minimum absolute atomic E-state index is 0.0648. The summed E-state index contributed by atoms with van der Waals surface area (Å²) in [5.41, 5.74) is 0. The van der Waals surface area contributed by atoms with E-state index in [4.69, 9.17) is 0 Å². The number of carbonyl (C=O) groups is 1. The summed E-state index contributed by atoms with van der Waals surface area (Å²) < 4.78 is 0. The number of carbonyl (C=O) groups excluding carboxylic acids is 1. The average Bonchev–Trinajstić information content (AvgIpc) is 3.36. The molecule has 0 aromatic rings. The molecular weight excluding hydrogens is 855 g/mol. The van der Waals surface area contributed by atoms with Crippen molar-refractivity contribution in [2.75, 3.05) is 6.61 Å². The van der Waals surface area contributed by atoms with Gasteiger partial charge in [-0.2, -0.15) is 0 Å². The van der Waals surface area contributed by atoms with Gasteiger partial charge in [0, 0.05) is 6.42 Å². The van der Waals surface area contributed by atoms with E-state index in [1.165, 1.54) is 321 Å². The lowest BCUT2D eigenvalue weighted by Gasteiger charge is -2.19. The molecule has 0 fully saturated rings. The molecule has 0 aliphatic heterocycles. The summed E-state index contributed by atoms with van der Waals surface area (Å²) in [4.78, 5) is 12.5. The molecule has 0 radical (unpaired) electrons. The Balaban J connectivity index is 3.44. The summed E-state index contributed by atoms with van der Waals surface area (Å²) in [7, 11) is 0. The zero-order chi connectivity index (χ0) is 50.6. The Morgan fingerprint density at radius 1 is 0.329 bits per heavy atom. The van der Waals surface area contributed by atoms with Crippen LogP contribution in [0.1, 0.15) is 373 Å². The highest BCUT2D eigenvalue weighted by molar-refractivity contribution is 5.76. The number of hydrogen-bond acceptors (Lipinski definition) is 3. The number of unbranched alkanes of at least 4 members (excludes halogenated alkanes) is 52. The van der Waals surface area contributed by atoms with Crippen molar-refractivity contribution in [2.45, 2.75) is 386 Å². The van der Waals surface area contributed by atoms with E-state index in [1.807, 2.05) is 6.08 Å². The predicted octanol–water partition coefficient (Wildman–Crippen LogP) is 21.8. The van der Waals surface area contributed by atoms with Gasteiger partial charge < -0.3 is 15.5 Å². The molecule has 0 saturated carbocycles. The van der Waals surface area contributed by atoms with E-state index in [1.54, 1.807) is 6.08 Å². The van der Waals surface area contributed by atoms with Crippen molar-refractivity contribution < 1.29 is 15.0 Å². The third-order valence-corrected chi connectivity index (χ3v) is 15.4. The standard InChI is InChI=1S/C66H129NO3/c1-3-5-7-9-11-13-15-17-19-21-23-25-27-29-31-32-33-34-35-36-38-40-42-44-46-48-50-52-54-56-58-60-62-66(70)67-64(63-68)65(69)61-59-57-55-53-51-49-47-45-43-41-39-37-30-28-26-24-22-20-18-16-14-12-10-8-6-4-2/h51,53,59,61,64-65,68-69H,3-50,52,54-58,60,62-63H2,1-2H3,(H,67,70)/b53-51+,61-59+. The Hall–Kier alpha value is -1.13. The zero-order valence-corrected chi connectivity index (χ0v) is 48.1. The number of nitrogens with one attached hydrogen (secondary N) is 1. The molecule has 3 N–H and O–H groups in total. The zero-order valence-electron chi connectivity index (χ0n) is 48.1. The highest BCUT2D eigenvalue weighted by Crippen LogP contribution is 2.19. The summed E-state index contributed by atoms with van der Waals surface area (Å²) in [5.74, 6) is -0.0648. The van der Waals surface area contributed by atoms with Crippen LogP contribution in [0.3, 0.4) is 0 Å². The van der Waals surface area contributed by atoms with Crippen LogP contribution in [0, 0.1) is 0 Å². The van der Waals surface area contributed by atoms with E-state index in [0.717, 1.165) is 32.1 Å². The quantitative estimate of drug-likeness (QED) is 0.0420. The van der Waals surface area contributed by atoms with Gasteiger partial charge in [-0.25, -0.2) is 0 Å². The van der Waals surface area contributed by atoms with Crippen molar-refractivity contribution in [3.63, 3.8) is 0 Å². The van der Waals surface area contributed by atoms with Crippen LogP contribution in [-0.4, -0.2) is 34.9 Å². The van der Waals surface area contributed by atoms with Crippen LogP contribution in [0.4, 0.5) is 0 Å². The van der Waals surface area contributed by atoms with E-state index in [-0.39, 0.29) is 12.5 Å². The molecule has 4 nitrogen and oxygen atoms in total. The normalized spacial score (nSPS) is 12.8. The highest BCUT2D eigenvalue weighted by atomic mass is 16.3. The van der Waals surface area contributed by atoms with Crippen LogP contribution in [0.2, 0.25) is 0 Å². The van der Waals surface area contributed by atoms with Crippen molar-refractivity contribution in [3.8, 4) is 0 Å². The summed E-state index contributed by atoms with van der Waals surface area (Å²) >= 11 is 0. The molecule has 0 spiro atoms. The summed E-state index contributed by atoms with van der Waals surface area (Å²) in [6.07, 6.45) is 83.9. The van der Waals surface area contributed by atoms with Crippen molar-refractivity contribution in [2.24, 2.45) is 0 Å². The molecule has 4 heteroatoms. The Kier molecular flexibility index (Phi) is 61.2. The lowest BCUT2D eigenvalue weighted by Crippen LogP contribution is -2.45. The number of aliphatic hydroxyl groups is 2. The van der Waals surface area contributed by atoms with Gasteiger partial charge in [0.15, 0.2) is 0 Å². The van der Waals surface area contributed by atoms with E-state index in [2.05, 4.69) is 31.3 Å². The molecule has 0 aliphatic carbocycles. The van der Waals surface area contributed by atoms with Gasteiger partial charge in [0.05, 0.1) is 18.8 Å². The van der Waals surface area contributed by atoms with Gasteiger partial charge in [-0.1, -0.05) is 359 Å². The fraction of sp³-hybridized carbons (Fsp3) is 0.924. The molecule has 0 heterocycles. The molecule has 2 unspecified atom stereocenters. The van der Waals surface area contributed by atoms with E-state index < -0.39 is 12.1 Å². The van der Waals surface area contributed by atoms with Gasteiger partial charge in [-0.15, -0.1) is 0 Å². The number of hydrogen-bond donors (Lipinski definition) is 3. The van der Waals surface area contributed by atoms with Gasteiger partial charge in [0.2, 0.25) is 5.91 Å². The first-order valence-electron chi connectivity index (χ1n) is 32.6. The summed E-state index contributed by atoms with van der Waals surface area (Å²) in [6.45, 7) is 4.35. The SMILES string of the molecule is CCCCCCCCCCCCCCCCCCCCCC/C=C/CC/C=C/C(O)C(CO)NC(=O)CCCCCCCCCCCCCCCCCCCCCCCCCCCCCCCCCC. The van der Waals surface area contributed by atoms with Crippen molar-refractivity contribution >= 4 is 5.91 Å². The fourth-order valence-corrected chi connectivity index (χ4v) is 10.5. The molecule has 416 valence electrons. The molecule has 0 rings (SSSR count). The maximum absolute atomic E-state index is 12.5. The summed E-state index contributed by atoms with van der Waals surface area (Å²) in [5, 5.41) is 23.2. The van der Waals surface area contributed by atoms with E-state index in [0.29, 0.717) is 6.42 Å². The Morgan fingerprint density at radius 3 is 0.829 bits per heavy atom. The van der Waals surface area contributed by atoms with E-state index in [9.17, 15) is 15.0 Å². The van der Waals surface area contributed by atoms with Gasteiger partial charge >= 0.3 is 0 Å². The van der Waals surface area contributed by atoms with Crippen LogP contribution in [0.15, 0.2) is 24.3 Å². The molecular formula is C66H129NO3. The second-order valence-corrected chi connectivity index (χ2v) is 22.5. The summed E-state index contributed by atoms with van der Waals surface area (Å²) in [6, 6.07) is -0.637. The van der Waals surface area contributed by atoms with Crippen molar-refractivity contribution in [1.29, 1.82) is 0 Å². The fourth-order valence-electron chi connectivity index (χ4n) is 10.5. The molecule has 1 amide bonds. The second-order valence-electron chi connectivity index (χ2n) is 22.5. The van der Waals surface area contributed by atoms with Crippen molar-refractivity contribution in [3.05, 3.63) is 24.3 Å². The maximum atomic E-state index is 12.5. The monoisotopic (exact) mass is 984 g/mol. The topological polar surface area (TPSA) is 69.6 Å². The molecule has 2 atom stereocenters. The van der Waals surface area contributed by atoms with Gasteiger partial charge in [0.25, 0.3) is 0 Å². The lowest BCUT2D eigenvalue weighted by molar-refractivity contribution is -0.123. The second kappa shape index (κ2) is 62.2. The van der Waals surface area contributed by atoms with Gasteiger partial charge in [-0.05, 0) is 32.1 Å². The van der Waals surface area contributed by atoms with E-state index >= 15 is 0 Å².